The van der Waals surface area contributed by atoms with Crippen LogP contribution in [0.4, 0.5) is 5.69 Å². The number of carbonyl (C=O) groups excluding carboxylic acids is 3. The van der Waals surface area contributed by atoms with Crippen molar-refractivity contribution in [2.45, 2.75) is 40.2 Å². The van der Waals surface area contributed by atoms with Gasteiger partial charge in [0.25, 0.3) is 11.8 Å². The van der Waals surface area contributed by atoms with E-state index in [0.717, 1.165) is 25.0 Å². The summed E-state index contributed by atoms with van der Waals surface area (Å²) in [5, 5.41) is 7.53. The van der Waals surface area contributed by atoms with Crippen LogP contribution in [0, 0.1) is 12.8 Å². The number of likely N-dealkylation sites (N-methyl/N-ethyl adjacent to an activating group) is 1. The van der Waals surface area contributed by atoms with Gasteiger partial charge in [0, 0.05) is 26.2 Å². The third-order valence-electron chi connectivity index (χ3n) is 6.30. The fourth-order valence-electron chi connectivity index (χ4n) is 4.59. The van der Waals surface area contributed by atoms with E-state index in [1.54, 1.807) is 19.1 Å². The first-order chi connectivity index (χ1) is 15.8. The number of anilines is 1. The van der Waals surface area contributed by atoms with E-state index in [4.69, 9.17) is 4.63 Å². The van der Waals surface area contributed by atoms with Gasteiger partial charge in [0.05, 0.1) is 29.3 Å². The van der Waals surface area contributed by atoms with Gasteiger partial charge in [-0.15, -0.1) is 0 Å². The molecule has 2 aliphatic rings. The molecule has 0 aliphatic carbocycles. The molecule has 0 N–H and O–H groups in total. The number of aryl methyl sites for hydroxylation is 1. The number of fused-ring (bicyclic) bond motifs is 1. The zero-order chi connectivity index (χ0) is 23.7. The van der Waals surface area contributed by atoms with Crippen molar-refractivity contribution in [3.05, 3.63) is 52.9 Å². The van der Waals surface area contributed by atoms with Crippen molar-refractivity contribution >= 4 is 23.4 Å². The maximum Gasteiger partial charge on any atom is 0.264 e. The van der Waals surface area contributed by atoms with Gasteiger partial charge in [0.15, 0.2) is 0 Å². The molecule has 0 radical (unpaired) electrons. The van der Waals surface area contributed by atoms with Crippen LogP contribution >= 0.6 is 0 Å². The Hall–Kier alpha value is -3.49. The molecule has 2 aromatic rings. The van der Waals surface area contributed by atoms with Gasteiger partial charge in [0.1, 0.15) is 11.4 Å². The summed E-state index contributed by atoms with van der Waals surface area (Å²) >= 11 is 0. The Morgan fingerprint density at radius 1 is 1.27 bits per heavy atom. The summed E-state index contributed by atoms with van der Waals surface area (Å²) in [6.07, 6.45) is 1.63. The smallest absolute Gasteiger partial charge is 0.264 e. The van der Waals surface area contributed by atoms with Crippen molar-refractivity contribution in [1.82, 2.24) is 20.1 Å². The second-order valence-electron chi connectivity index (χ2n) is 8.79. The van der Waals surface area contributed by atoms with Crippen LogP contribution in [0.5, 0.6) is 0 Å². The summed E-state index contributed by atoms with van der Waals surface area (Å²) in [7, 11) is 0. The van der Waals surface area contributed by atoms with Crippen LogP contribution in [0.2, 0.25) is 0 Å². The second-order valence-corrected chi connectivity index (χ2v) is 8.79. The van der Waals surface area contributed by atoms with E-state index >= 15 is 0 Å². The quantitative estimate of drug-likeness (QED) is 0.471. The summed E-state index contributed by atoms with van der Waals surface area (Å²) < 4.78 is 4.71. The molecule has 0 spiro atoms. The molecule has 1 saturated heterocycles. The van der Waals surface area contributed by atoms with E-state index in [1.165, 1.54) is 4.90 Å². The van der Waals surface area contributed by atoms with Gasteiger partial charge in [0.2, 0.25) is 5.91 Å². The number of imide groups is 1. The standard InChI is InChI=1S/C24H29N5O4/c1-5-27(12-15(2)3)22(30)17-8-7-11-28(13-17)20-10-6-9-18-21(20)24(32)29(23(18)31)14-19-16(4)25-33-26-19/h6,9-10,17H,2,5,7-8,11-14H2,1,3-4H3. The summed E-state index contributed by atoms with van der Waals surface area (Å²) in [4.78, 5) is 44.6. The SMILES string of the molecule is C=C(C)CN(CC)C(=O)C1CCCN(c2cccc3c2C(=O)N(Cc2nonc2C)C3=O)C1. The lowest BCUT2D eigenvalue weighted by Gasteiger charge is -2.36. The monoisotopic (exact) mass is 451 g/mol. The predicted octanol–water partition coefficient (Wildman–Crippen LogP) is 2.82. The van der Waals surface area contributed by atoms with Crippen molar-refractivity contribution in [2.24, 2.45) is 5.92 Å². The molecule has 9 nitrogen and oxygen atoms in total. The van der Waals surface area contributed by atoms with Crippen LogP contribution in [-0.4, -0.2) is 64.0 Å². The number of rotatable bonds is 7. The second kappa shape index (κ2) is 9.17. The summed E-state index contributed by atoms with van der Waals surface area (Å²) in [6, 6.07) is 5.32. The minimum atomic E-state index is -0.362. The highest BCUT2D eigenvalue weighted by molar-refractivity contribution is 6.23. The third kappa shape index (κ3) is 4.27. The molecule has 1 atom stereocenters. The zero-order valence-corrected chi connectivity index (χ0v) is 19.3. The van der Waals surface area contributed by atoms with Crippen LogP contribution in [0.1, 0.15) is 58.8 Å². The molecule has 174 valence electrons. The van der Waals surface area contributed by atoms with Crippen molar-refractivity contribution < 1.29 is 19.0 Å². The van der Waals surface area contributed by atoms with Gasteiger partial charge in [-0.2, -0.15) is 0 Å². The molecule has 0 saturated carbocycles. The first kappa shape index (κ1) is 22.7. The van der Waals surface area contributed by atoms with Gasteiger partial charge in [-0.05, 0) is 45.7 Å². The number of hydrogen-bond acceptors (Lipinski definition) is 7. The number of benzene rings is 1. The van der Waals surface area contributed by atoms with Crippen LogP contribution in [0.3, 0.4) is 0 Å². The molecule has 1 fully saturated rings. The highest BCUT2D eigenvalue weighted by atomic mass is 16.6. The average Bonchev–Trinajstić information content (AvgIpc) is 3.33. The number of carbonyl (C=O) groups is 3. The molecular weight excluding hydrogens is 422 g/mol. The molecule has 3 heterocycles. The van der Waals surface area contributed by atoms with Crippen molar-refractivity contribution in [3.63, 3.8) is 0 Å². The number of amides is 3. The molecule has 9 heteroatoms. The first-order valence-electron chi connectivity index (χ1n) is 11.3. The van der Waals surface area contributed by atoms with Crippen molar-refractivity contribution in [3.8, 4) is 0 Å². The molecule has 1 aromatic heterocycles. The minimum absolute atomic E-state index is 0.00853. The Morgan fingerprint density at radius 2 is 2.06 bits per heavy atom. The Balaban J connectivity index is 1.58. The topological polar surface area (TPSA) is 99.9 Å². The van der Waals surface area contributed by atoms with E-state index < -0.39 is 0 Å². The van der Waals surface area contributed by atoms with Gasteiger partial charge in [-0.3, -0.25) is 19.3 Å². The van der Waals surface area contributed by atoms with Gasteiger partial charge in [-0.1, -0.05) is 28.5 Å². The van der Waals surface area contributed by atoms with Gasteiger partial charge in [-0.25, -0.2) is 4.63 Å². The molecule has 1 unspecified atom stereocenters. The summed E-state index contributed by atoms with van der Waals surface area (Å²) in [6.45, 7) is 12.0. The number of hydrogen-bond donors (Lipinski definition) is 0. The number of piperidine rings is 1. The lowest BCUT2D eigenvalue weighted by Crippen LogP contribution is -2.45. The summed E-state index contributed by atoms with van der Waals surface area (Å²) in [5.74, 6) is -0.779. The molecule has 33 heavy (non-hydrogen) atoms. The van der Waals surface area contributed by atoms with Crippen LogP contribution in [0.15, 0.2) is 35.0 Å². The Morgan fingerprint density at radius 3 is 2.73 bits per heavy atom. The molecule has 3 amide bonds. The average molecular weight is 452 g/mol. The molecular formula is C24H29N5O4. The lowest BCUT2D eigenvalue weighted by molar-refractivity contribution is -0.135. The van der Waals surface area contributed by atoms with Crippen molar-refractivity contribution in [1.29, 1.82) is 0 Å². The van der Waals surface area contributed by atoms with E-state index in [-0.39, 0.29) is 30.2 Å². The minimum Gasteiger partial charge on any atom is -0.370 e. The van der Waals surface area contributed by atoms with E-state index in [1.807, 2.05) is 24.8 Å². The highest BCUT2D eigenvalue weighted by Crippen LogP contribution is 2.35. The van der Waals surface area contributed by atoms with Crippen LogP contribution in [-0.2, 0) is 11.3 Å². The maximum atomic E-state index is 13.3. The van der Waals surface area contributed by atoms with E-state index in [2.05, 4.69) is 21.8 Å². The Bertz CT molecular complexity index is 1110. The van der Waals surface area contributed by atoms with Gasteiger partial charge < -0.3 is 9.80 Å². The largest absolute Gasteiger partial charge is 0.370 e. The Kier molecular flexibility index (Phi) is 6.31. The number of nitrogens with zero attached hydrogens (tertiary/aromatic N) is 5. The normalized spacial score (nSPS) is 18.0. The van der Waals surface area contributed by atoms with E-state index in [9.17, 15) is 14.4 Å². The number of aromatic nitrogens is 2. The first-order valence-corrected chi connectivity index (χ1v) is 11.3. The van der Waals surface area contributed by atoms with Gasteiger partial charge >= 0.3 is 0 Å². The zero-order valence-electron chi connectivity index (χ0n) is 19.3. The predicted molar refractivity (Wildman–Crippen MR) is 122 cm³/mol. The maximum absolute atomic E-state index is 13.3. The lowest BCUT2D eigenvalue weighted by atomic mass is 9.94. The molecule has 1 aromatic carbocycles. The fourth-order valence-corrected chi connectivity index (χ4v) is 4.59. The van der Waals surface area contributed by atoms with Crippen LogP contribution < -0.4 is 4.90 Å². The van der Waals surface area contributed by atoms with E-state index in [0.29, 0.717) is 47.8 Å². The van der Waals surface area contributed by atoms with Crippen LogP contribution in [0.25, 0.3) is 0 Å². The van der Waals surface area contributed by atoms with Crippen molar-refractivity contribution in [2.75, 3.05) is 31.1 Å². The highest BCUT2D eigenvalue weighted by Gasteiger charge is 2.40. The fraction of sp³-hybridized carbons (Fsp3) is 0.458. The third-order valence-corrected chi connectivity index (χ3v) is 6.30. The Labute approximate surface area is 193 Å². The summed E-state index contributed by atoms with van der Waals surface area (Å²) in [5.41, 5.74) is 3.40. The molecule has 4 rings (SSSR count). The molecule has 2 aliphatic heterocycles. The molecule has 0 bridgehead atoms.